The lowest BCUT2D eigenvalue weighted by Gasteiger charge is -2.15. The van der Waals surface area contributed by atoms with Gasteiger partial charge in [-0.1, -0.05) is 0 Å². The molecule has 2 heterocycles. The predicted molar refractivity (Wildman–Crippen MR) is 59.2 cm³/mol. The van der Waals surface area contributed by atoms with Gasteiger partial charge < -0.3 is 14.6 Å². The lowest BCUT2D eigenvalue weighted by atomic mass is 10.1. The number of rotatable bonds is 4. The highest BCUT2D eigenvalue weighted by Crippen LogP contribution is 2.17. The largest absolute Gasteiger partial charge is 0.481 e. The molecule has 1 aliphatic heterocycles. The maximum atomic E-state index is 11.8. The van der Waals surface area contributed by atoms with E-state index in [0.717, 1.165) is 0 Å². The van der Waals surface area contributed by atoms with E-state index in [1.807, 2.05) is 4.57 Å². The van der Waals surface area contributed by atoms with Crippen LogP contribution in [-0.4, -0.2) is 44.5 Å². The fourth-order valence-corrected chi connectivity index (χ4v) is 1.99. The molecule has 1 fully saturated rings. The first-order valence-corrected chi connectivity index (χ1v) is 5.63. The molecule has 0 bridgehead atoms. The van der Waals surface area contributed by atoms with Gasteiger partial charge in [0.15, 0.2) is 0 Å². The van der Waals surface area contributed by atoms with E-state index in [0.29, 0.717) is 32.5 Å². The number of aryl methyl sites for hydroxylation is 1. The molecular weight excluding hydrogens is 222 g/mol. The highest BCUT2D eigenvalue weighted by atomic mass is 16.4. The van der Waals surface area contributed by atoms with Crippen molar-refractivity contribution in [1.82, 2.24) is 14.5 Å². The van der Waals surface area contributed by atoms with Gasteiger partial charge >= 0.3 is 5.97 Å². The minimum atomic E-state index is -0.810. The van der Waals surface area contributed by atoms with Gasteiger partial charge in [0, 0.05) is 38.4 Å². The van der Waals surface area contributed by atoms with E-state index in [-0.39, 0.29) is 5.91 Å². The fourth-order valence-electron chi connectivity index (χ4n) is 1.99. The summed E-state index contributed by atoms with van der Waals surface area (Å²) in [7, 11) is 0. The zero-order valence-corrected chi connectivity index (χ0v) is 9.45. The summed E-state index contributed by atoms with van der Waals surface area (Å²) in [6.45, 7) is 1.49. The molecule has 6 heteroatoms. The smallest absolute Gasteiger partial charge is 0.308 e. The predicted octanol–water partition coefficient (Wildman–Crippen LogP) is 0.206. The lowest BCUT2D eigenvalue weighted by molar-refractivity contribution is -0.141. The van der Waals surface area contributed by atoms with Crippen LogP contribution in [0, 0.1) is 5.92 Å². The second kappa shape index (κ2) is 4.99. The van der Waals surface area contributed by atoms with Gasteiger partial charge in [0.2, 0.25) is 5.91 Å². The molecule has 1 aliphatic rings. The fraction of sp³-hybridized carbons (Fsp3) is 0.545. The Balaban J connectivity index is 1.79. The summed E-state index contributed by atoms with van der Waals surface area (Å²) in [5.74, 6) is -1.19. The highest BCUT2D eigenvalue weighted by Gasteiger charge is 2.30. The Labute approximate surface area is 98.9 Å². The van der Waals surface area contributed by atoms with Gasteiger partial charge in [-0.3, -0.25) is 9.59 Å². The number of imidazole rings is 1. The van der Waals surface area contributed by atoms with Crippen LogP contribution in [0.3, 0.4) is 0 Å². The molecule has 0 aromatic carbocycles. The summed E-state index contributed by atoms with van der Waals surface area (Å²) < 4.78 is 1.84. The van der Waals surface area contributed by atoms with Crippen molar-refractivity contribution in [3.63, 3.8) is 0 Å². The maximum Gasteiger partial charge on any atom is 0.308 e. The molecule has 0 spiro atoms. The summed E-state index contributed by atoms with van der Waals surface area (Å²) in [6.07, 6.45) is 6.09. The van der Waals surface area contributed by atoms with Gasteiger partial charge in [-0.15, -0.1) is 0 Å². The SMILES string of the molecule is O=C(O)C1CCN(C(=O)CCn2ccnc2)C1. The summed E-state index contributed by atoms with van der Waals surface area (Å²) in [5.41, 5.74) is 0. The Morgan fingerprint density at radius 3 is 2.88 bits per heavy atom. The Morgan fingerprint density at radius 1 is 1.47 bits per heavy atom. The van der Waals surface area contributed by atoms with Crippen molar-refractivity contribution in [3.8, 4) is 0 Å². The molecule has 1 aromatic rings. The van der Waals surface area contributed by atoms with Crippen LogP contribution in [0.25, 0.3) is 0 Å². The van der Waals surface area contributed by atoms with Crippen LogP contribution in [0.5, 0.6) is 0 Å². The average molecular weight is 237 g/mol. The molecule has 1 N–H and O–H groups in total. The third-order valence-electron chi connectivity index (χ3n) is 3.03. The molecule has 2 rings (SSSR count). The Bertz CT molecular complexity index is 402. The van der Waals surface area contributed by atoms with Crippen LogP contribution in [0.2, 0.25) is 0 Å². The van der Waals surface area contributed by atoms with E-state index >= 15 is 0 Å². The molecule has 6 nitrogen and oxygen atoms in total. The number of carboxylic acid groups (broad SMARTS) is 1. The normalized spacial score (nSPS) is 19.5. The molecular formula is C11H15N3O3. The number of hydrogen-bond donors (Lipinski definition) is 1. The van der Waals surface area contributed by atoms with Crippen LogP contribution in [0.1, 0.15) is 12.8 Å². The first-order valence-electron chi connectivity index (χ1n) is 5.63. The van der Waals surface area contributed by atoms with Gasteiger partial charge in [0.25, 0.3) is 0 Å². The van der Waals surface area contributed by atoms with Crippen LogP contribution < -0.4 is 0 Å². The number of carbonyl (C=O) groups is 2. The van der Waals surface area contributed by atoms with Crippen molar-refractivity contribution in [2.24, 2.45) is 5.92 Å². The van der Waals surface area contributed by atoms with E-state index in [1.165, 1.54) is 0 Å². The number of aliphatic carboxylic acids is 1. The molecule has 1 saturated heterocycles. The molecule has 17 heavy (non-hydrogen) atoms. The van der Waals surface area contributed by atoms with Crippen molar-refractivity contribution < 1.29 is 14.7 Å². The summed E-state index contributed by atoms with van der Waals surface area (Å²) in [5, 5.41) is 8.84. The zero-order chi connectivity index (χ0) is 12.3. The van der Waals surface area contributed by atoms with E-state index in [2.05, 4.69) is 4.98 Å². The molecule has 92 valence electrons. The summed E-state index contributed by atoms with van der Waals surface area (Å²) in [4.78, 5) is 28.1. The standard InChI is InChI=1S/C11H15N3O3/c15-10(2-4-13-6-3-12-8-13)14-5-1-9(7-14)11(16)17/h3,6,8-9H,1-2,4-5,7H2,(H,16,17). The topological polar surface area (TPSA) is 75.4 Å². The van der Waals surface area contributed by atoms with Crippen molar-refractivity contribution >= 4 is 11.9 Å². The Kier molecular flexibility index (Phi) is 3.41. The van der Waals surface area contributed by atoms with Crippen LogP contribution in [0.4, 0.5) is 0 Å². The van der Waals surface area contributed by atoms with E-state index in [9.17, 15) is 9.59 Å². The van der Waals surface area contributed by atoms with Crippen LogP contribution in [0.15, 0.2) is 18.7 Å². The van der Waals surface area contributed by atoms with Crippen LogP contribution >= 0.6 is 0 Å². The molecule has 0 radical (unpaired) electrons. The van der Waals surface area contributed by atoms with E-state index in [1.54, 1.807) is 23.6 Å². The second-order valence-corrected chi connectivity index (χ2v) is 4.21. The number of amides is 1. The minimum absolute atomic E-state index is 0.0162. The number of carboxylic acids is 1. The summed E-state index contributed by atoms with van der Waals surface area (Å²) in [6, 6.07) is 0. The van der Waals surface area contributed by atoms with Crippen molar-refractivity contribution in [1.29, 1.82) is 0 Å². The second-order valence-electron chi connectivity index (χ2n) is 4.21. The van der Waals surface area contributed by atoms with Gasteiger partial charge in [-0.05, 0) is 6.42 Å². The zero-order valence-electron chi connectivity index (χ0n) is 9.45. The third kappa shape index (κ3) is 2.83. The van der Waals surface area contributed by atoms with E-state index < -0.39 is 11.9 Å². The molecule has 1 unspecified atom stereocenters. The van der Waals surface area contributed by atoms with Crippen LogP contribution in [-0.2, 0) is 16.1 Å². The molecule has 0 saturated carbocycles. The van der Waals surface area contributed by atoms with Gasteiger partial charge in [-0.2, -0.15) is 0 Å². The average Bonchev–Trinajstić information content (AvgIpc) is 2.96. The number of likely N-dealkylation sites (tertiary alicyclic amines) is 1. The number of nitrogens with zero attached hydrogens (tertiary/aromatic N) is 3. The summed E-state index contributed by atoms with van der Waals surface area (Å²) >= 11 is 0. The number of hydrogen-bond acceptors (Lipinski definition) is 3. The minimum Gasteiger partial charge on any atom is -0.481 e. The third-order valence-corrected chi connectivity index (χ3v) is 3.03. The van der Waals surface area contributed by atoms with Crippen molar-refractivity contribution in [2.75, 3.05) is 13.1 Å². The van der Waals surface area contributed by atoms with Gasteiger partial charge in [0.1, 0.15) is 0 Å². The Morgan fingerprint density at radius 2 is 2.29 bits per heavy atom. The van der Waals surface area contributed by atoms with Gasteiger partial charge in [-0.25, -0.2) is 4.98 Å². The maximum absolute atomic E-state index is 11.8. The molecule has 0 aliphatic carbocycles. The van der Waals surface area contributed by atoms with E-state index in [4.69, 9.17) is 5.11 Å². The monoisotopic (exact) mass is 237 g/mol. The number of carbonyl (C=O) groups excluding carboxylic acids is 1. The molecule has 1 atom stereocenters. The first kappa shape index (κ1) is 11.6. The lowest BCUT2D eigenvalue weighted by Crippen LogP contribution is -2.30. The molecule has 1 aromatic heterocycles. The Hall–Kier alpha value is -1.85. The van der Waals surface area contributed by atoms with Crippen molar-refractivity contribution in [2.45, 2.75) is 19.4 Å². The van der Waals surface area contributed by atoms with Crippen molar-refractivity contribution in [3.05, 3.63) is 18.7 Å². The highest BCUT2D eigenvalue weighted by molar-refractivity contribution is 5.78. The molecule has 1 amide bonds. The first-order chi connectivity index (χ1) is 8.16. The van der Waals surface area contributed by atoms with Gasteiger partial charge in [0.05, 0.1) is 12.2 Å². The number of aromatic nitrogens is 2. The quantitative estimate of drug-likeness (QED) is 0.812.